The molecule has 1 saturated carbocycles. The number of rotatable bonds is 9. The smallest absolute Gasteiger partial charge is 0.303 e. The van der Waals surface area contributed by atoms with Gasteiger partial charge in [-0.25, -0.2) is 22.9 Å². The molecule has 13 heteroatoms. The molecule has 3 heterocycles. The number of amides is 1. The highest BCUT2D eigenvalue weighted by Gasteiger charge is 2.39. The van der Waals surface area contributed by atoms with Crippen LogP contribution < -0.4 is 9.46 Å². The average Bonchev–Trinajstić information content (AvgIpc) is 3.64. The highest BCUT2D eigenvalue weighted by molar-refractivity contribution is 7.87. The number of pyridine rings is 1. The van der Waals surface area contributed by atoms with Crippen molar-refractivity contribution in [2.24, 2.45) is 0 Å². The summed E-state index contributed by atoms with van der Waals surface area (Å²) in [5.41, 5.74) is 1.56. The summed E-state index contributed by atoms with van der Waals surface area (Å²) in [7, 11) is -3.12. The van der Waals surface area contributed by atoms with E-state index in [0.29, 0.717) is 46.5 Å². The third-order valence-corrected chi connectivity index (χ3v) is 8.73. The van der Waals surface area contributed by atoms with Gasteiger partial charge < -0.3 is 9.47 Å². The van der Waals surface area contributed by atoms with Crippen LogP contribution in [0.4, 0.5) is 13.2 Å². The summed E-state index contributed by atoms with van der Waals surface area (Å²) in [6.45, 7) is -0.311. The molecule has 0 radical (unpaired) electrons. The van der Waals surface area contributed by atoms with Crippen molar-refractivity contribution >= 4 is 21.8 Å². The Morgan fingerprint density at radius 3 is 2.79 bits per heavy atom. The lowest BCUT2D eigenvalue weighted by Crippen LogP contribution is -2.42. The summed E-state index contributed by atoms with van der Waals surface area (Å²) in [4.78, 5) is 17.0. The van der Waals surface area contributed by atoms with Gasteiger partial charge in [0.15, 0.2) is 0 Å². The van der Waals surface area contributed by atoms with Crippen molar-refractivity contribution < 1.29 is 35.9 Å². The molecule has 39 heavy (non-hydrogen) atoms. The van der Waals surface area contributed by atoms with Crippen LogP contribution in [0.15, 0.2) is 42.7 Å². The molecule has 9 nitrogen and oxygen atoms in total. The van der Waals surface area contributed by atoms with E-state index in [1.54, 1.807) is 24.4 Å². The Bertz CT molecular complexity index is 1460. The Morgan fingerprint density at radius 1 is 1.26 bits per heavy atom. The second-order valence-corrected chi connectivity index (χ2v) is 11.6. The van der Waals surface area contributed by atoms with E-state index in [2.05, 4.69) is 4.98 Å². The van der Waals surface area contributed by atoms with Crippen LogP contribution in [0.1, 0.15) is 52.7 Å². The second-order valence-electron chi connectivity index (χ2n) is 9.85. The van der Waals surface area contributed by atoms with E-state index in [-0.39, 0.29) is 30.6 Å². The molecular weight excluding hydrogens is 537 g/mol. The Hall–Kier alpha value is -3.16. The third-order valence-electron chi connectivity index (χ3n) is 7.28. The van der Waals surface area contributed by atoms with Crippen molar-refractivity contribution in [3.63, 3.8) is 0 Å². The first kappa shape index (κ1) is 27.4. The number of halogens is 3. The molecule has 1 aromatic carbocycles. The number of carbonyl (C=O) groups excluding carboxylic acids is 1. The minimum atomic E-state index is -4.27. The van der Waals surface area contributed by atoms with Gasteiger partial charge in [-0.3, -0.25) is 9.20 Å². The third kappa shape index (κ3) is 5.75. The van der Waals surface area contributed by atoms with Crippen molar-refractivity contribution in [1.29, 1.82) is 0 Å². The van der Waals surface area contributed by atoms with Crippen LogP contribution in [0.3, 0.4) is 0 Å². The largest absolute Gasteiger partial charge is 0.488 e. The number of imidazole rings is 1. The quantitative estimate of drug-likeness (QED) is 0.425. The number of carbonyl (C=O) groups is 1. The molecule has 1 saturated heterocycles. The number of benzene rings is 1. The molecule has 2 fully saturated rings. The lowest BCUT2D eigenvalue weighted by molar-refractivity contribution is 0.0973. The van der Waals surface area contributed by atoms with Crippen LogP contribution in [-0.4, -0.2) is 73.8 Å². The number of nitrogens with one attached hydrogen (secondary N) is 1. The van der Waals surface area contributed by atoms with Gasteiger partial charge in [0, 0.05) is 31.8 Å². The Balaban J connectivity index is 1.46. The van der Waals surface area contributed by atoms with Gasteiger partial charge in [0.2, 0.25) is 0 Å². The van der Waals surface area contributed by atoms with Crippen LogP contribution in [0.25, 0.3) is 5.65 Å². The molecular formula is C26H29F3N4O5S. The van der Waals surface area contributed by atoms with Crippen molar-refractivity contribution in [2.45, 2.75) is 43.4 Å². The first-order valence-electron chi connectivity index (χ1n) is 12.7. The molecule has 1 aliphatic carbocycles. The SMILES string of the molecule is CN(CCF)S(=O)(=O)NC(=O)c1cnc2ccc(C3C[C@@H](F)C[C@@H]3c3cc(F)ccc3O[C@@H]3CCOC3)cn12. The van der Waals surface area contributed by atoms with E-state index < -0.39 is 47.2 Å². The first-order valence-corrected chi connectivity index (χ1v) is 14.1. The number of ether oxygens (including phenoxy) is 2. The van der Waals surface area contributed by atoms with Gasteiger partial charge in [0.1, 0.15) is 41.9 Å². The van der Waals surface area contributed by atoms with Crippen LogP contribution >= 0.6 is 0 Å². The van der Waals surface area contributed by atoms with Gasteiger partial charge in [-0.15, -0.1) is 0 Å². The fourth-order valence-electron chi connectivity index (χ4n) is 5.26. The summed E-state index contributed by atoms with van der Waals surface area (Å²) in [6.07, 6.45) is 2.60. The van der Waals surface area contributed by atoms with E-state index in [0.717, 1.165) is 7.05 Å². The van der Waals surface area contributed by atoms with E-state index >= 15 is 0 Å². The summed E-state index contributed by atoms with van der Waals surface area (Å²) in [5, 5.41) is 0. The number of fused-ring (bicyclic) bond motifs is 1. The van der Waals surface area contributed by atoms with E-state index in [4.69, 9.17) is 9.47 Å². The maximum atomic E-state index is 14.9. The molecule has 1 N–H and O–H groups in total. The van der Waals surface area contributed by atoms with Gasteiger partial charge in [-0.1, -0.05) is 6.07 Å². The Labute approximate surface area is 224 Å². The van der Waals surface area contributed by atoms with Gasteiger partial charge in [-0.05, 0) is 54.5 Å². The monoisotopic (exact) mass is 566 g/mol. The van der Waals surface area contributed by atoms with Crippen LogP contribution in [0.5, 0.6) is 5.75 Å². The molecule has 1 unspecified atom stereocenters. The molecule has 1 aliphatic heterocycles. The van der Waals surface area contributed by atoms with E-state index in [1.165, 1.54) is 22.7 Å². The fraction of sp³-hybridized carbons (Fsp3) is 0.462. The summed E-state index contributed by atoms with van der Waals surface area (Å²) >= 11 is 0. The fourth-order valence-corrected chi connectivity index (χ4v) is 6.06. The molecule has 2 aliphatic rings. The average molecular weight is 567 g/mol. The molecule has 0 spiro atoms. The summed E-state index contributed by atoms with van der Waals surface area (Å²) < 4.78 is 82.2. The molecule has 1 amide bonds. The zero-order chi connectivity index (χ0) is 27.7. The maximum absolute atomic E-state index is 14.9. The van der Waals surface area contributed by atoms with Gasteiger partial charge in [0.25, 0.3) is 5.91 Å². The van der Waals surface area contributed by atoms with Crippen molar-refractivity contribution in [3.8, 4) is 5.75 Å². The zero-order valence-electron chi connectivity index (χ0n) is 21.2. The van der Waals surface area contributed by atoms with Crippen molar-refractivity contribution in [3.05, 3.63) is 65.4 Å². The lowest BCUT2D eigenvalue weighted by Gasteiger charge is -2.24. The maximum Gasteiger partial charge on any atom is 0.303 e. The summed E-state index contributed by atoms with van der Waals surface area (Å²) in [6, 6.07) is 7.68. The first-order chi connectivity index (χ1) is 18.7. The molecule has 0 bridgehead atoms. The number of hydrogen-bond acceptors (Lipinski definition) is 6. The van der Waals surface area contributed by atoms with Gasteiger partial charge in [-0.2, -0.15) is 12.7 Å². The minimum absolute atomic E-state index is 0.0635. The molecule has 5 rings (SSSR count). The topological polar surface area (TPSA) is 102 Å². The predicted octanol–water partition coefficient (Wildman–Crippen LogP) is 3.52. The Kier molecular flexibility index (Phi) is 7.83. The van der Waals surface area contributed by atoms with Gasteiger partial charge >= 0.3 is 10.2 Å². The lowest BCUT2D eigenvalue weighted by atomic mass is 9.84. The number of aromatic nitrogens is 2. The molecule has 4 atom stereocenters. The zero-order valence-corrected chi connectivity index (χ0v) is 22.0. The normalized spacial score (nSPS) is 23.5. The van der Waals surface area contributed by atoms with Crippen LogP contribution in [-0.2, 0) is 14.9 Å². The van der Waals surface area contributed by atoms with Crippen LogP contribution in [0.2, 0.25) is 0 Å². The predicted molar refractivity (Wildman–Crippen MR) is 136 cm³/mol. The number of nitrogens with zero attached hydrogens (tertiary/aromatic N) is 3. The molecule has 3 aromatic rings. The number of hydrogen-bond donors (Lipinski definition) is 1. The number of alkyl halides is 2. The highest BCUT2D eigenvalue weighted by Crippen LogP contribution is 2.49. The van der Waals surface area contributed by atoms with Crippen molar-refractivity contribution in [1.82, 2.24) is 18.4 Å². The summed E-state index contributed by atoms with van der Waals surface area (Å²) in [5.74, 6) is -1.69. The van der Waals surface area contributed by atoms with E-state index in [9.17, 15) is 26.4 Å². The van der Waals surface area contributed by atoms with E-state index in [1.807, 2.05) is 4.72 Å². The standard InChI is InChI=1S/C26H29F3N4O5S/c1-32(8-7-27)39(35,36)31-26(34)23-13-30-25-5-2-16(14-33(23)25)20-11-18(29)12-21(20)22-10-17(28)3-4-24(22)38-19-6-9-37-15-19/h2-5,10,13-14,18-21H,6-9,11-12,15H2,1H3,(H,31,34)/t18-,19-,20?,21+/m1/s1. The molecule has 2 aromatic heterocycles. The van der Waals surface area contributed by atoms with Crippen molar-refractivity contribution in [2.75, 3.05) is 33.5 Å². The van der Waals surface area contributed by atoms with Gasteiger partial charge in [0.05, 0.1) is 19.4 Å². The van der Waals surface area contributed by atoms with Crippen LogP contribution in [0, 0.1) is 5.82 Å². The minimum Gasteiger partial charge on any atom is -0.488 e. The Morgan fingerprint density at radius 2 is 2.05 bits per heavy atom. The molecule has 210 valence electrons. The second kappa shape index (κ2) is 11.1. The highest BCUT2D eigenvalue weighted by atomic mass is 32.2.